The van der Waals surface area contributed by atoms with Crippen LogP contribution in [0.25, 0.3) is 0 Å². The maximum Gasteiger partial charge on any atom is 0.323 e. The summed E-state index contributed by atoms with van der Waals surface area (Å²) in [5.74, 6) is -1.24. The Morgan fingerprint density at radius 2 is 1.86 bits per heavy atom. The Balaban J connectivity index is 3.02. The van der Waals surface area contributed by atoms with Gasteiger partial charge in [0.25, 0.3) is 0 Å². The van der Waals surface area contributed by atoms with E-state index in [0.717, 1.165) is 0 Å². The largest absolute Gasteiger partial charge is 0.480 e. The van der Waals surface area contributed by atoms with Crippen LogP contribution in [0, 0.1) is 0 Å². The summed E-state index contributed by atoms with van der Waals surface area (Å²) < 4.78 is -1.60. The molecule has 0 saturated carbocycles. The molecule has 3 N–H and O–H groups in total. The minimum atomic E-state index is -1.60. The van der Waals surface area contributed by atoms with E-state index < -0.39 is 16.3 Å². The summed E-state index contributed by atoms with van der Waals surface area (Å²) in [6.07, 6.45) is 0. The van der Waals surface area contributed by atoms with Crippen molar-refractivity contribution < 1.29 is 9.90 Å². The zero-order chi connectivity index (χ0) is 10.8. The fourth-order valence-electron chi connectivity index (χ4n) is 0.995. The molecule has 1 unspecified atom stereocenters. The van der Waals surface area contributed by atoms with Gasteiger partial charge in [0.1, 0.15) is 6.04 Å². The van der Waals surface area contributed by atoms with Gasteiger partial charge in [-0.3, -0.25) is 4.79 Å². The number of carboxylic acids is 1. The second-order valence-electron chi connectivity index (χ2n) is 2.80. The molecule has 14 heavy (non-hydrogen) atoms. The van der Waals surface area contributed by atoms with E-state index in [2.05, 4.69) is 0 Å². The lowest BCUT2D eigenvalue weighted by Crippen LogP contribution is -2.43. The molecule has 1 rings (SSSR count). The van der Waals surface area contributed by atoms with Crippen molar-refractivity contribution in [2.75, 3.05) is 0 Å². The van der Waals surface area contributed by atoms with Gasteiger partial charge in [-0.25, -0.2) is 0 Å². The second-order valence-corrected chi connectivity index (χ2v) is 4.19. The molecule has 0 aromatic heterocycles. The van der Waals surface area contributed by atoms with Crippen molar-refractivity contribution in [1.29, 1.82) is 0 Å². The summed E-state index contributed by atoms with van der Waals surface area (Å²) in [4.78, 5) is 10.6. The molecule has 0 aliphatic heterocycles. The van der Waals surface area contributed by atoms with E-state index in [1.54, 1.807) is 30.3 Å². The van der Waals surface area contributed by atoms with Crippen LogP contribution in [0.2, 0.25) is 0 Å². The van der Waals surface area contributed by atoms with E-state index in [4.69, 9.17) is 34.0 Å². The van der Waals surface area contributed by atoms with Gasteiger partial charge >= 0.3 is 5.97 Å². The van der Waals surface area contributed by atoms with Crippen molar-refractivity contribution in [2.45, 2.75) is 10.4 Å². The maximum atomic E-state index is 10.6. The molecule has 1 aromatic rings. The zero-order valence-corrected chi connectivity index (χ0v) is 8.66. The molecule has 0 fully saturated rings. The normalized spacial score (nSPS) is 13.6. The third-order valence-corrected chi connectivity index (χ3v) is 2.72. The minimum absolute atomic E-state index is 0.471. The Morgan fingerprint density at radius 1 is 1.36 bits per heavy atom. The van der Waals surface area contributed by atoms with Crippen molar-refractivity contribution in [3.8, 4) is 0 Å². The van der Waals surface area contributed by atoms with Gasteiger partial charge in [-0.1, -0.05) is 53.5 Å². The van der Waals surface area contributed by atoms with Crippen LogP contribution in [-0.4, -0.2) is 17.1 Å². The number of alkyl halides is 2. The molecule has 0 radical (unpaired) electrons. The molecule has 0 amide bonds. The van der Waals surface area contributed by atoms with Crippen molar-refractivity contribution in [3.63, 3.8) is 0 Å². The Bertz CT molecular complexity index is 327. The highest BCUT2D eigenvalue weighted by molar-refractivity contribution is 6.49. The minimum Gasteiger partial charge on any atom is -0.480 e. The summed E-state index contributed by atoms with van der Waals surface area (Å²) >= 11 is 11.7. The summed E-state index contributed by atoms with van der Waals surface area (Å²) in [5, 5.41) is 8.69. The highest BCUT2D eigenvalue weighted by Crippen LogP contribution is 2.36. The SMILES string of the molecule is NC(C(=O)O)C(Cl)(Cl)c1ccccc1. The Hall–Kier alpha value is -0.770. The smallest absolute Gasteiger partial charge is 0.323 e. The first-order chi connectivity index (χ1) is 6.46. The van der Waals surface area contributed by atoms with Gasteiger partial charge in [-0.15, -0.1) is 0 Å². The second kappa shape index (κ2) is 4.17. The lowest BCUT2D eigenvalue weighted by Gasteiger charge is -2.23. The topological polar surface area (TPSA) is 63.3 Å². The number of carboxylic acid groups (broad SMARTS) is 1. The number of halogens is 2. The third kappa shape index (κ3) is 2.18. The van der Waals surface area contributed by atoms with Gasteiger partial charge in [-0.2, -0.15) is 0 Å². The van der Waals surface area contributed by atoms with Gasteiger partial charge in [0.05, 0.1) is 0 Å². The fourth-order valence-corrected chi connectivity index (χ4v) is 1.43. The van der Waals surface area contributed by atoms with Gasteiger partial charge in [0.2, 0.25) is 0 Å². The van der Waals surface area contributed by atoms with Crippen LogP contribution in [0.3, 0.4) is 0 Å². The molecule has 5 heteroatoms. The summed E-state index contributed by atoms with van der Waals surface area (Å²) in [5.41, 5.74) is 5.83. The quantitative estimate of drug-likeness (QED) is 0.782. The molecule has 0 aliphatic rings. The molecular weight excluding hydrogens is 225 g/mol. The van der Waals surface area contributed by atoms with Crippen molar-refractivity contribution in [1.82, 2.24) is 0 Å². The van der Waals surface area contributed by atoms with Crippen molar-refractivity contribution in [3.05, 3.63) is 35.9 Å². The van der Waals surface area contributed by atoms with Crippen LogP contribution < -0.4 is 5.73 Å². The highest BCUT2D eigenvalue weighted by atomic mass is 35.5. The number of nitrogens with two attached hydrogens (primary N) is 1. The predicted molar refractivity (Wildman–Crippen MR) is 55.4 cm³/mol. The number of carbonyl (C=O) groups is 1. The van der Waals surface area contributed by atoms with E-state index in [-0.39, 0.29) is 0 Å². The Kier molecular flexibility index (Phi) is 3.37. The molecular formula is C9H9Cl2NO2. The fraction of sp³-hybridized carbons (Fsp3) is 0.222. The number of hydrogen-bond donors (Lipinski definition) is 2. The number of benzene rings is 1. The third-order valence-electron chi connectivity index (χ3n) is 1.82. The van der Waals surface area contributed by atoms with Gasteiger partial charge in [0.15, 0.2) is 4.33 Å². The van der Waals surface area contributed by atoms with E-state index in [0.29, 0.717) is 5.56 Å². The van der Waals surface area contributed by atoms with Gasteiger partial charge in [0, 0.05) is 0 Å². The monoisotopic (exact) mass is 233 g/mol. The average molecular weight is 234 g/mol. The van der Waals surface area contributed by atoms with Crippen molar-refractivity contribution >= 4 is 29.2 Å². The summed E-state index contributed by atoms with van der Waals surface area (Å²) in [6, 6.07) is 7.10. The number of rotatable bonds is 3. The van der Waals surface area contributed by atoms with Gasteiger partial charge < -0.3 is 10.8 Å². The van der Waals surface area contributed by atoms with Crippen LogP contribution in [0.15, 0.2) is 30.3 Å². The zero-order valence-electron chi connectivity index (χ0n) is 7.15. The molecule has 3 nitrogen and oxygen atoms in total. The molecule has 0 bridgehead atoms. The Labute approximate surface area is 91.4 Å². The summed E-state index contributed by atoms with van der Waals surface area (Å²) in [7, 11) is 0. The maximum absolute atomic E-state index is 10.6. The predicted octanol–water partition coefficient (Wildman–Crippen LogP) is 1.73. The van der Waals surface area contributed by atoms with Crippen LogP contribution in [-0.2, 0) is 9.13 Å². The average Bonchev–Trinajstić information content (AvgIpc) is 2.18. The van der Waals surface area contributed by atoms with Crippen LogP contribution in [0.5, 0.6) is 0 Å². The molecule has 0 spiro atoms. The Morgan fingerprint density at radius 3 is 2.29 bits per heavy atom. The molecule has 1 atom stereocenters. The number of hydrogen-bond acceptors (Lipinski definition) is 2. The highest BCUT2D eigenvalue weighted by Gasteiger charge is 2.38. The first-order valence-electron chi connectivity index (χ1n) is 3.88. The van der Waals surface area contributed by atoms with E-state index in [1.165, 1.54) is 0 Å². The van der Waals surface area contributed by atoms with Crippen LogP contribution >= 0.6 is 23.2 Å². The molecule has 76 valence electrons. The standard InChI is InChI=1S/C9H9Cl2NO2/c10-9(11,7(12)8(13)14)6-4-2-1-3-5-6/h1-5,7H,12H2,(H,13,14). The lowest BCUT2D eigenvalue weighted by atomic mass is 10.1. The molecule has 1 aromatic carbocycles. The van der Waals surface area contributed by atoms with Crippen LogP contribution in [0.4, 0.5) is 0 Å². The molecule has 0 heterocycles. The molecule has 0 saturated heterocycles. The number of aliphatic carboxylic acids is 1. The van der Waals surface area contributed by atoms with E-state index in [9.17, 15) is 4.79 Å². The summed E-state index contributed by atoms with van der Waals surface area (Å²) in [6.45, 7) is 0. The van der Waals surface area contributed by atoms with Gasteiger partial charge in [-0.05, 0) is 5.56 Å². The van der Waals surface area contributed by atoms with E-state index >= 15 is 0 Å². The van der Waals surface area contributed by atoms with Crippen molar-refractivity contribution in [2.24, 2.45) is 5.73 Å². The van der Waals surface area contributed by atoms with Crippen LogP contribution in [0.1, 0.15) is 5.56 Å². The first kappa shape index (κ1) is 11.3. The lowest BCUT2D eigenvalue weighted by molar-refractivity contribution is -0.138. The first-order valence-corrected chi connectivity index (χ1v) is 4.63. The van der Waals surface area contributed by atoms with E-state index in [1.807, 2.05) is 0 Å². The molecule has 0 aliphatic carbocycles.